The number of aryl methyl sites for hydroxylation is 1. The first kappa shape index (κ1) is 9.81. The van der Waals surface area contributed by atoms with E-state index in [0.29, 0.717) is 5.75 Å². The van der Waals surface area contributed by atoms with Crippen LogP contribution >= 0.6 is 0 Å². The highest BCUT2D eigenvalue weighted by Crippen LogP contribution is 2.16. The molecular weight excluding hydrogens is 162 g/mol. The summed E-state index contributed by atoms with van der Waals surface area (Å²) in [5, 5.41) is 12.5. The van der Waals surface area contributed by atoms with E-state index in [1.54, 1.807) is 6.07 Å². The Balaban J connectivity index is 2.57. The zero-order valence-electron chi connectivity index (χ0n) is 7.88. The second-order valence-electron chi connectivity index (χ2n) is 3.04. The Labute approximate surface area is 78.9 Å². The Morgan fingerprint density at radius 1 is 1.54 bits per heavy atom. The molecule has 0 radical (unpaired) electrons. The van der Waals surface area contributed by atoms with Crippen LogP contribution in [-0.2, 0) is 6.54 Å². The van der Waals surface area contributed by atoms with E-state index in [1.165, 1.54) is 5.56 Å². The van der Waals surface area contributed by atoms with Crippen molar-refractivity contribution in [1.82, 2.24) is 5.32 Å². The zero-order valence-corrected chi connectivity index (χ0v) is 7.88. The van der Waals surface area contributed by atoms with Gasteiger partial charge in [0.1, 0.15) is 5.75 Å². The molecule has 0 amide bonds. The lowest BCUT2D eigenvalue weighted by Gasteiger charge is -2.04. The van der Waals surface area contributed by atoms with Crippen molar-refractivity contribution in [3.05, 3.63) is 42.0 Å². The third-order valence-corrected chi connectivity index (χ3v) is 1.88. The summed E-state index contributed by atoms with van der Waals surface area (Å²) < 4.78 is 0. The van der Waals surface area contributed by atoms with Crippen molar-refractivity contribution < 1.29 is 5.11 Å². The van der Waals surface area contributed by atoms with Gasteiger partial charge in [-0.15, -0.1) is 6.58 Å². The highest BCUT2D eigenvalue weighted by Gasteiger charge is 1.96. The number of phenols is 1. The van der Waals surface area contributed by atoms with Crippen molar-refractivity contribution in [2.24, 2.45) is 0 Å². The molecule has 0 aliphatic carbocycles. The summed E-state index contributed by atoms with van der Waals surface area (Å²) in [5.41, 5.74) is 2.09. The van der Waals surface area contributed by atoms with Gasteiger partial charge in [0, 0.05) is 13.1 Å². The first-order valence-electron chi connectivity index (χ1n) is 4.34. The maximum atomic E-state index is 9.28. The quantitative estimate of drug-likeness (QED) is 0.544. The van der Waals surface area contributed by atoms with Crippen molar-refractivity contribution in [1.29, 1.82) is 0 Å². The smallest absolute Gasteiger partial charge is 0.118 e. The van der Waals surface area contributed by atoms with E-state index >= 15 is 0 Å². The lowest BCUT2D eigenvalue weighted by molar-refractivity contribution is 0.470. The summed E-state index contributed by atoms with van der Waals surface area (Å²) in [6.45, 7) is 7.13. The Hall–Kier alpha value is -1.28. The van der Waals surface area contributed by atoms with E-state index in [1.807, 2.05) is 25.1 Å². The van der Waals surface area contributed by atoms with Crippen LogP contribution < -0.4 is 5.32 Å². The summed E-state index contributed by atoms with van der Waals surface area (Å²) in [4.78, 5) is 0. The monoisotopic (exact) mass is 177 g/mol. The number of benzene rings is 1. The fraction of sp³-hybridized carbons (Fsp3) is 0.273. The van der Waals surface area contributed by atoms with Crippen LogP contribution in [0.5, 0.6) is 5.75 Å². The molecule has 2 heteroatoms. The fourth-order valence-corrected chi connectivity index (χ4v) is 1.15. The highest BCUT2D eigenvalue weighted by atomic mass is 16.3. The van der Waals surface area contributed by atoms with Crippen molar-refractivity contribution in [2.75, 3.05) is 6.54 Å². The van der Waals surface area contributed by atoms with Gasteiger partial charge >= 0.3 is 0 Å². The molecule has 0 heterocycles. The summed E-state index contributed by atoms with van der Waals surface area (Å²) in [5.74, 6) is 0.354. The van der Waals surface area contributed by atoms with Crippen LogP contribution in [0, 0.1) is 6.92 Å². The van der Waals surface area contributed by atoms with E-state index < -0.39 is 0 Å². The standard InChI is InChI=1S/C11H15NO/c1-3-6-12-8-10-4-5-11(13)9(2)7-10/h3-5,7,12-13H,1,6,8H2,2H3. The Morgan fingerprint density at radius 2 is 2.31 bits per heavy atom. The van der Waals surface area contributed by atoms with Crippen molar-refractivity contribution >= 4 is 0 Å². The van der Waals surface area contributed by atoms with E-state index in [-0.39, 0.29) is 0 Å². The third-order valence-electron chi connectivity index (χ3n) is 1.88. The molecule has 13 heavy (non-hydrogen) atoms. The molecule has 2 nitrogen and oxygen atoms in total. The normalized spacial score (nSPS) is 9.92. The molecule has 0 atom stereocenters. The molecule has 0 spiro atoms. The van der Waals surface area contributed by atoms with Crippen molar-refractivity contribution in [3.8, 4) is 5.75 Å². The summed E-state index contributed by atoms with van der Waals surface area (Å²) >= 11 is 0. The van der Waals surface area contributed by atoms with Gasteiger partial charge in [-0.05, 0) is 24.1 Å². The molecule has 0 aromatic heterocycles. The molecule has 2 N–H and O–H groups in total. The molecule has 0 unspecified atom stereocenters. The van der Waals surface area contributed by atoms with Gasteiger partial charge in [-0.2, -0.15) is 0 Å². The van der Waals surface area contributed by atoms with Gasteiger partial charge < -0.3 is 10.4 Å². The minimum atomic E-state index is 0.354. The van der Waals surface area contributed by atoms with Gasteiger partial charge in [0.25, 0.3) is 0 Å². The minimum Gasteiger partial charge on any atom is -0.508 e. The number of hydrogen-bond donors (Lipinski definition) is 2. The number of rotatable bonds is 4. The van der Waals surface area contributed by atoms with Crippen LogP contribution in [-0.4, -0.2) is 11.7 Å². The van der Waals surface area contributed by atoms with E-state index in [9.17, 15) is 5.11 Å². The molecule has 0 aliphatic heterocycles. The largest absolute Gasteiger partial charge is 0.508 e. The lowest BCUT2D eigenvalue weighted by atomic mass is 10.1. The summed E-state index contributed by atoms with van der Waals surface area (Å²) in [6.07, 6.45) is 1.83. The number of nitrogens with one attached hydrogen (secondary N) is 1. The van der Waals surface area contributed by atoms with Gasteiger partial charge in [0.2, 0.25) is 0 Å². The predicted octanol–water partition coefficient (Wildman–Crippen LogP) is 1.98. The molecule has 1 aromatic rings. The summed E-state index contributed by atoms with van der Waals surface area (Å²) in [6, 6.07) is 5.62. The molecule has 70 valence electrons. The third kappa shape index (κ3) is 2.92. The van der Waals surface area contributed by atoms with E-state index in [2.05, 4.69) is 11.9 Å². The second-order valence-corrected chi connectivity index (χ2v) is 3.04. The average molecular weight is 177 g/mol. The Bertz CT molecular complexity index is 294. The van der Waals surface area contributed by atoms with Crippen LogP contribution in [0.1, 0.15) is 11.1 Å². The first-order valence-corrected chi connectivity index (χ1v) is 4.34. The first-order chi connectivity index (χ1) is 6.24. The van der Waals surface area contributed by atoms with Gasteiger partial charge in [0.15, 0.2) is 0 Å². The van der Waals surface area contributed by atoms with Crippen molar-refractivity contribution in [2.45, 2.75) is 13.5 Å². The molecule has 0 bridgehead atoms. The SMILES string of the molecule is C=CCNCc1ccc(O)c(C)c1. The molecule has 1 aromatic carbocycles. The van der Waals surface area contributed by atoms with Gasteiger partial charge in [-0.3, -0.25) is 0 Å². The fourth-order valence-electron chi connectivity index (χ4n) is 1.15. The van der Waals surface area contributed by atoms with Gasteiger partial charge in [-0.25, -0.2) is 0 Å². The maximum Gasteiger partial charge on any atom is 0.118 e. The minimum absolute atomic E-state index is 0.354. The van der Waals surface area contributed by atoms with Crippen LogP contribution in [0.25, 0.3) is 0 Å². The Kier molecular flexibility index (Phi) is 3.53. The van der Waals surface area contributed by atoms with Crippen LogP contribution in [0.2, 0.25) is 0 Å². The molecular formula is C11H15NO. The molecule has 0 aliphatic rings. The second kappa shape index (κ2) is 4.67. The van der Waals surface area contributed by atoms with Crippen LogP contribution in [0.3, 0.4) is 0 Å². The number of hydrogen-bond acceptors (Lipinski definition) is 2. The molecule has 0 saturated carbocycles. The maximum absolute atomic E-state index is 9.28. The zero-order chi connectivity index (χ0) is 9.68. The molecule has 0 saturated heterocycles. The van der Waals surface area contributed by atoms with E-state index in [0.717, 1.165) is 18.7 Å². The van der Waals surface area contributed by atoms with Gasteiger partial charge in [0.05, 0.1) is 0 Å². The highest BCUT2D eigenvalue weighted by molar-refractivity contribution is 5.34. The lowest BCUT2D eigenvalue weighted by Crippen LogP contribution is -2.12. The predicted molar refractivity (Wildman–Crippen MR) is 54.7 cm³/mol. The molecule has 1 rings (SSSR count). The number of aromatic hydroxyl groups is 1. The van der Waals surface area contributed by atoms with Gasteiger partial charge in [-0.1, -0.05) is 18.2 Å². The van der Waals surface area contributed by atoms with E-state index in [4.69, 9.17) is 0 Å². The average Bonchev–Trinajstić information content (AvgIpc) is 2.12. The summed E-state index contributed by atoms with van der Waals surface area (Å²) in [7, 11) is 0. The number of phenolic OH excluding ortho intramolecular Hbond substituents is 1. The Morgan fingerprint density at radius 3 is 2.92 bits per heavy atom. The topological polar surface area (TPSA) is 32.3 Å². The van der Waals surface area contributed by atoms with Crippen LogP contribution in [0.15, 0.2) is 30.9 Å². The van der Waals surface area contributed by atoms with Crippen molar-refractivity contribution in [3.63, 3.8) is 0 Å². The van der Waals surface area contributed by atoms with Crippen LogP contribution in [0.4, 0.5) is 0 Å². The molecule has 0 fully saturated rings.